The van der Waals surface area contributed by atoms with Crippen LogP contribution in [0.5, 0.6) is 0 Å². The van der Waals surface area contributed by atoms with E-state index in [-0.39, 0.29) is 0 Å². The molecule has 0 aliphatic heterocycles. The zero-order chi connectivity index (χ0) is 12.3. The van der Waals surface area contributed by atoms with Gasteiger partial charge in [-0.15, -0.1) is 16.9 Å². The second-order valence-electron chi connectivity index (χ2n) is 3.46. The van der Waals surface area contributed by atoms with Gasteiger partial charge in [0, 0.05) is 18.7 Å². The van der Waals surface area contributed by atoms with Crippen molar-refractivity contribution in [2.24, 2.45) is 0 Å². The number of rotatable bonds is 8. The maximum atomic E-state index is 4.00. The number of nitrogens with zero attached hydrogens (tertiary/aromatic N) is 4. The van der Waals surface area contributed by atoms with Crippen molar-refractivity contribution in [2.75, 3.05) is 18.8 Å². The summed E-state index contributed by atoms with van der Waals surface area (Å²) < 4.78 is 1.84. The van der Waals surface area contributed by atoms with Crippen molar-refractivity contribution in [2.45, 2.75) is 38.4 Å². The lowest BCUT2D eigenvalue weighted by Gasteiger charge is -2.04. The molecule has 5 nitrogen and oxygen atoms in total. The lowest BCUT2D eigenvalue weighted by molar-refractivity contribution is 0.510. The summed E-state index contributed by atoms with van der Waals surface area (Å²) in [6.45, 7) is 6.76. The van der Waals surface area contributed by atoms with Gasteiger partial charge in [-0.05, 0) is 30.3 Å². The van der Waals surface area contributed by atoms with E-state index in [4.69, 9.17) is 0 Å². The molecule has 0 amide bonds. The SMILES string of the molecule is CC#CCCSc1nnnn1CCNCCC. The second kappa shape index (κ2) is 9.02. The number of hydrogen-bond acceptors (Lipinski definition) is 5. The molecule has 0 radical (unpaired) electrons. The maximum Gasteiger partial charge on any atom is 0.209 e. The van der Waals surface area contributed by atoms with Crippen LogP contribution in [0.15, 0.2) is 5.16 Å². The van der Waals surface area contributed by atoms with Crippen molar-refractivity contribution in [3.63, 3.8) is 0 Å². The van der Waals surface area contributed by atoms with Crippen LogP contribution in [0.25, 0.3) is 0 Å². The van der Waals surface area contributed by atoms with Crippen molar-refractivity contribution in [1.82, 2.24) is 25.5 Å². The summed E-state index contributed by atoms with van der Waals surface area (Å²) in [5.41, 5.74) is 0. The minimum atomic E-state index is 0.814. The Balaban J connectivity index is 2.28. The third-order valence-corrected chi connectivity index (χ3v) is 3.02. The molecule has 1 aromatic rings. The molecular weight excluding hydrogens is 234 g/mol. The fourth-order valence-corrected chi connectivity index (χ4v) is 2.00. The van der Waals surface area contributed by atoms with Crippen molar-refractivity contribution in [1.29, 1.82) is 0 Å². The predicted molar refractivity (Wildman–Crippen MR) is 69.8 cm³/mol. The van der Waals surface area contributed by atoms with Gasteiger partial charge >= 0.3 is 0 Å². The summed E-state index contributed by atoms with van der Waals surface area (Å²) in [5.74, 6) is 6.84. The molecule has 0 aromatic carbocycles. The van der Waals surface area contributed by atoms with Gasteiger partial charge in [-0.3, -0.25) is 0 Å². The molecule has 0 aliphatic rings. The van der Waals surface area contributed by atoms with Crippen LogP contribution < -0.4 is 5.32 Å². The summed E-state index contributed by atoms with van der Waals surface area (Å²) in [6, 6.07) is 0. The monoisotopic (exact) mass is 253 g/mol. The Bertz CT molecular complexity index is 365. The van der Waals surface area contributed by atoms with Crippen molar-refractivity contribution in [3.8, 4) is 11.8 Å². The Morgan fingerprint density at radius 3 is 3.06 bits per heavy atom. The molecule has 0 unspecified atom stereocenters. The van der Waals surface area contributed by atoms with Gasteiger partial charge in [0.25, 0.3) is 0 Å². The molecule has 94 valence electrons. The van der Waals surface area contributed by atoms with E-state index in [0.29, 0.717) is 0 Å². The molecule has 1 rings (SSSR count). The molecule has 17 heavy (non-hydrogen) atoms. The molecule has 0 saturated heterocycles. The van der Waals surface area contributed by atoms with Crippen LogP contribution in [-0.2, 0) is 6.54 Å². The van der Waals surface area contributed by atoms with Gasteiger partial charge in [-0.2, -0.15) is 0 Å². The smallest absolute Gasteiger partial charge is 0.209 e. The molecule has 1 heterocycles. The van der Waals surface area contributed by atoms with Crippen LogP contribution in [-0.4, -0.2) is 39.0 Å². The number of hydrogen-bond donors (Lipinski definition) is 1. The molecule has 0 saturated carbocycles. The number of nitrogens with one attached hydrogen (secondary N) is 1. The molecule has 6 heteroatoms. The van der Waals surface area contributed by atoms with Gasteiger partial charge in [0.15, 0.2) is 0 Å². The molecule has 0 atom stereocenters. The zero-order valence-corrected chi connectivity index (χ0v) is 11.3. The van der Waals surface area contributed by atoms with Crippen molar-refractivity contribution in [3.05, 3.63) is 0 Å². The minimum Gasteiger partial charge on any atom is -0.315 e. The standard InChI is InChI=1S/C11H19N5S/c1-3-5-6-10-17-11-13-14-15-16(11)9-8-12-7-4-2/h12H,4,6-10H2,1-2H3. The summed E-state index contributed by atoms with van der Waals surface area (Å²) in [5, 5.41) is 15.9. The molecule has 1 aromatic heterocycles. The van der Waals surface area contributed by atoms with E-state index in [1.807, 2.05) is 11.6 Å². The second-order valence-corrected chi connectivity index (χ2v) is 4.52. The predicted octanol–water partition coefficient (Wildman–Crippen LogP) is 1.18. The van der Waals surface area contributed by atoms with Gasteiger partial charge in [0.05, 0.1) is 6.54 Å². The number of aromatic nitrogens is 4. The Kier molecular flexibility index (Phi) is 7.43. The minimum absolute atomic E-state index is 0.814. The fraction of sp³-hybridized carbons (Fsp3) is 0.727. The topological polar surface area (TPSA) is 55.6 Å². The summed E-state index contributed by atoms with van der Waals surface area (Å²) >= 11 is 1.65. The highest BCUT2D eigenvalue weighted by molar-refractivity contribution is 7.99. The molecule has 0 fully saturated rings. The largest absolute Gasteiger partial charge is 0.315 e. The van der Waals surface area contributed by atoms with Crippen molar-refractivity contribution >= 4 is 11.8 Å². The zero-order valence-electron chi connectivity index (χ0n) is 10.4. The summed E-state index contributed by atoms with van der Waals surface area (Å²) in [7, 11) is 0. The number of thioether (sulfide) groups is 1. The first kappa shape index (κ1) is 14.0. The fourth-order valence-electron chi connectivity index (χ4n) is 1.25. The Morgan fingerprint density at radius 1 is 1.41 bits per heavy atom. The van der Waals surface area contributed by atoms with E-state index in [2.05, 4.69) is 39.6 Å². The molecule has 0 bridgehead atoms. The molecule has 0 aliphatic carbocycles. The van der Waals surface area contributed by atoms with Gasteiger partial charge in [0.1, 0.15) is 0 Å². The third-order valence-electron chi connectivity index (χ3n) is 2.06. The van der Waals surface area contributed by atoms with Crippen LogP contribution in [0, 0.1) is 11.8 Å². The first-order valence-corrected chi connectivity index (χ1v) is 6.86. The normalized spacial score (nSPS) is 10.0. The van der Waals surface area contributed by atoms with Crippen LogP contribution in [0.2, 0.25) is 0 Å². The van der Waals surface area contributed by atoms with E-state index in [1.165, 1.54) is 0 Å². The maximum absolute atomic E-state index is 4.00. The van der Waals surface area contributed by atoms with Crippen molar-refractivity contribution < 1.29 is 0 Å². The highest BCUT2D eigenvalue weighted by Gasteiger charge is 2.05. The highest BCUT2D eigenvalue weighted by Crippen LogP contribution is 2.13. The van der Waals surface area contributed by atoms with Gasteiger partial charge in [-0.1, -0.05) is 18.7 Å². The molecule has 1 N–H and O–H groups in total. The van der Waals surface area contributed by atoms with E-state index in [9.17, 15) is 0 Å². The first-order chi connectivity index (χ1) is 8.38. The highest BCUT2D eigenvalue weighted by atomic mass is 32.2. The Labute approximate surface area is 107 Å². The van der Waals surface area contributed by atoms with E-state index >= 15 is 0 Å². The van der Waals surface area contributed by atoms with E-state index < -0.39 is 0 Å². The summed E-state index contributed by atoms with van der Waals surface area (Å²) in [6.07, 6.45) is 2.02. The van der Waals surface area contributed by atoms with Crippen LogP contribution in [0.1, 0.15) is 26.7 Å². The van der Waals surface area contributed by atoms with Crippen LogP contribution in [0.4, 0.5) is 0 Å². The average molecular weight is 253 g/mol. The Hall–Kier alpha value is -1.06. The third kappa shape index (κ3) is 5.71. The van der Waals surface area contributed by atoms with Gasteiger partial charge in [0.2, 0.25) is 5.16 Å². The molecule has 0 spiro atoms. The van der Waals surface area contributed by atoms with Crippen LogP contribution >= 0.6 is 11.8 Å². The van der Waals surface area contributed by atoms with E-state index in [0.717, 1.165) is 43.4 Å². The lowest BCUT2D eigenvalue weighted by atomic mass is 10.5. The van der Waals surface area contributed by atoms with Crippen LogP contribution in [0.3, 0.4) is 0 Å². The number of tetrazole rings is 1. The lowest BCUT2D eigenvalue weighted by Crippen LogP contribution is -2.21. The van der Waals surface area contributed by atoms with Gasteiger partial charge in [-0.25, -0.2) is 4.68 Å². The first-order valence-electron chi connectivity index (χ1n) is 5.87. The van der Waals surface area contributed by atoms with E-state index in [1.54, 1.807) is 11.8 Å². The average Bonchev–Trinajstić information content (AvgIpc) is 2.78. The van der Waals surface area contributed by atoms with Gasteiger partial charge < -0.3 is 5.32 Å². The Morgan fingerprint density at radius 2 is 2.29 bits per heavy atom. The molecular formula is C11H19N5S. The quantitative estimate of drug-likeness (QED) is 0.428. The summed E-state index contributed by atoms with van der Waals surface area (Å²) in [4.78, 5) is 0.